The summed E-state index contributed by atoms with van der Waals surface area (Å²) < 4.78 is 4.91. The van der Waals surface area contributed by atoms with Gasteiger partial charge in [-0.2, -0.15) is 0 Å². The number of carbonyl (C=O) groups is 1. The molecule has 4 heteroatoms. The highest BCUT2D eigenvalue weighted by Crippen LogP contribution is 2.23. The van der Waals surface area contributed by atoms with Gasteiger partial charge in [0.2, 0.25) is 0 Å². The number of hydrogen-bond acceptors (Lipinski definition) is 4. The lowest BCUT2D eigenvalue weighted by Gasteiger charge is -2.28. The number of carbonyl (C=O) groups excluding carboxylic acids is 1. The average Bonchev–Trinajstić information content (AvgIpc) is 2.61. The molecule has 0 aromatic rings. The lowest BCUT2D eigenvalue weighted by Crippen LogP contribution is -2.43. The Kier molecular flexibility index (Phi) is 5.05. The first-order valence-corrected chi connectivity index (χ1v) is 5.76. The van der Waals surface area contributed by atoms with Crippen LogP contribution in [0.5, 0.6) is 0 Å². The fourth-order valence-electron chi connectivity index (χ4n) is 2.18. The summed E-state index contributed by atoms with van der Waals surface area (Å²) in [6.07, 6.45) is 2.60. The molecule has 0 amide bonds. The smallest absolute Gasteiger partial charge is 0.320 e. The molecule has 0 saturated heterocycles. The SMILES string of the molecule is CCOC(=O)CN(CC)C1CCCC1O. The van der Waals surface area contributed by atoms with Crippen molar-refractivity contribution >= 4 is 5.97 Å². The Balaban J connectivity index is 2.44. The molecular formula is C11H21NO3. The van der Waals surface area contributed by atoms with E-state index in [1.807, 2.05) is 11.8 Å². The van der Waals surface area contributed by atoms with Gasteiger partial charge in [0.1, 0.15) is 0 Å². The number of aliphatic hydroxyl groups is 1. The van der Waals surface area contributed by atoms with Crippen LogP contribution in [0.3, 0.4) is 0 Å². The third-order valence-electron chi connectivity index (χ3n) is 2.96. The van der Waals surface area contributed by atoms with E-state index >= 15 is 0 Å². The van der Waals surface area contributed by atoms with Crippen LogP contribution >= 0.6 is 0 Å². The summed E-state index contributed by atoms with van der Waals surface area (Å²) in [5, 5.41) is 9.74. The number of nitrogens with zero attached hydrogens (tertiary/aromatic N) is 1. The van der Waals surface area contributed by atoms with E-state index in [2.05, 4.69) is 0 Å². The molecule has 0 radical (unpaired) electrons. The minimum absolute atomic E-state index is 0.138. The van der Waals surface area contributed by atoms with Crippen LogP contribution in [-0.2, 0) is 9.53 Å². The number of aliphatic hydroxyl groups excluding tert-OH is 1. The van der Waals surface area contributed by atoms with Gasteiger partial charge in [-0.05, 0) is 32.7 Å². The summed E-state index contributed by atoms with van der Waals surface area (Å²) in [6, 6.07) is 0.138. The van der Waals surface area contributed by atoms with Gasteiger partial charge in [0, 0.05) is 6.04 Å². The van der Waals surface area contributed by atoms with Gasteiger partial charge in [-0.25, -0.2) is 0 Å². The maximum absolute atomic E-state index is 11.3. The number of hydrogen-bond donors (Lipinski definition) is 1. The van der Waals surface area contributed by atoms with Crippen LogP contribution in [0.2, 0.25) is 0 Å². The Morgan fingerprint density at radius 2 is 2.20 bits per heavy atom. The Hall–Kier alpha value is -0.610. The zero-order valence-corrected chi connectivity index (χ0v) is 9.61. The van der Waals surface area contributed by atoms with E-state index in [-0.39, 0.29) is 18.1 Å². The molecule has 0 aromatic carbocycles. The standard InChI is InChI=1S/C11H21NO3/c1-3-12(8-11(14)15-4-2)9-6-5-7-10(9)13/h9-10,13H,3-8H2,1-2H3. The van der Waals surface area contributed by atoms with Gasteiger partial charge in [-0.15, -0.1) is 0 Å². The van der Waals surface area contributed by atoms with Crippen molar-refractivity contribution in [2.45, 2.75) is 45.3 Å². The Bertz CT molecular complexity index is 208. The summed E-state index contributed by atoms with van der Waals surface area (Å²) in [4.78, 5) is 13.3. The molecule has 1 aliphatic rings. The Morgan fingerprint density at radius 3 is 2.67 bits per heavy atom. The molecule has 0 heterocycles. The number of esters is 1. The van der Waals surface area contributed by atoms with Crippen molar-refractivity contribution in [2.24, 2.45) is 0 Å². The lowest BCUT2D eigenvalue weighted by atomic mass is 10.2. The molecular weight excluding hydrogens is 194 g/mol. The molecule has 0 bridgehead atoms. The van der Waals surface area contributed by atoms with Crippen LogP contribution in [0, 0.1) is 0 Å². The van der Waals surface area contributed by atoms with E-state index in [9.17, 15) is 9.90 Å². The molecule has 4 nitrogen and oxygen atoms in total. The molecule has 0 aliphatic heterocycles. The molecule has 0 spiro atoms. The minimum atomic E-state index is -0.278. The van der Waals surface area contributed by atoms with Crippen molar-refractivity contribution in [1.29, 1.82) is 0 Å². The fourth-order valence-corrected chi connectivity index (χ4v) is 2.18. The number of rotatable bonds is 5. The van der Waals surface area contributed by atoms with Crippen LogP contribution in [0.25, 0.3) is 0 Å². The first kappa shape index (κ1) is 12.5. The van der Waals surface area contributed by atoms with Crippen molar-refractivity contribution < 1.29 is 14.6 Å². The molecule has 1 aliphatic carbocycles. The predicted octanol–water partition coefficient (Wildman–Crippen LogP) is 0.785. The van der Waals surface area contributed by atoms with E-state index < -0.39 is 0 Å². The summed E-state index contributed by atoms with van der Waals surface area (Å²) in [5.74, 6) is -0.196. The summed E-state index contributed by atoms with van der Waals surface area (Å²) in [7, 11) is 0. The van der Waals surface area contributed by atoms with Gasteiger partial charge in [0.15, 0.2) is 0 Å². The highest BCUT2D eigenvalue weighted by molar-refractivity contribution is 5.71. The van der Waals surface area contributed by atoms with Crippen molar-refractivity contribution in [1.82, 2.24) is 4.90 Å². The van der Waals surface area contributed by atoms with Crippen LogP contribution < -0.4 is 0 Å². The van der Waals surface area contributed by atoms with Crippen LogP contribution in [0.4, 0.5) is 0 Å². The molecule has 2 unspecified atom stereocenters. The largest absolute Gasteiger partial charge is 0.465 e. The van der Waals surface area contributed by atoms with E-state index in [1.165, 1.54) is 0 Å². The third-order valence-corrected chi connectivity index (χ3v) is 2.96. The molecule has 1 N–H and O–H groups in total. The Labute approximate surface area is 91.2 Å². The van der Waals surface area contributed by atoms with E-state index in [4.69, 9.17) is 4.74 Å². The van der Waals surface area contributed by atoms with E-state index in [0.29, 0.717) is 13.2 Å². The topological polar surface area (TPSA) is 49.8 Å². The van der Waals surface area contributed by atoms with E-state index in [0.717, 1.165) is 25.8 Å². The van der Waals surface area contributed by atoms with Crippen LogP contribution in [0.1, 0.15) is 33.1 Å². The highest BCUT2D eigenvalue weighted by atomic mass is 16.5. The molecule has 1 rings (SSSR count). The van der Waals surface area contributed by atoms with Gasteiger partial charge in [-0.1, -0.05) is 6.92 Å². The second-order valence-corrected chi connectivity index (χ2v) is 3.93. The van der Waals surface area contributed by atoms with Crippen molar-refractivity contribution in [3.63, 3.8) is 0 Å². The lowest BCUT2D eigenvalue weighted by molar-refractivity contribution is -0.145. The van der Waals surface area contributed by atoms with Gasteiger partial charge < -0.3 is 9.84 Å². The summed E-state index contributed by atoms with van der Waals surface area (Å²) in [5.41, 5.74) is 0. The summed E-state index contributed by atoms with van der Waals surface area (Å²) >= 11 is 0. The maximum Gasteiger partial charge on any atom is 0.320 e. The molecule has 15 heavy (non-hydrogen) atoms. The fraction of sp³-hybridized carbons (Fsp3) is 0.909. The highest BCUT2D eigenvalue weighted by Gasteiger charge is 2.30. The normalized spacial score (nSPS) is 25.9. The Morgan fingerprint density at radius 1 is 1.47 bits per heavy atom. The van der Waals surface area contributed by atoms with Gasteiger partial charge in [-0.3, -0.25) is 9.69 Å². The molecule has 88 valence electrons. The molecule has 0 aromatic heterocycles. The van der Waals surface area contributed by atoms with Gasteiger partial charge in [0.25, 0.3) is 0 Å². The van der Waals surface area contributed by atoms with Crippen molar-refractivity contribution in [3.8, 4) is 0 Å². The maximum atomic E-state index is 11.3. The predicted molar refractivity (Wildman–Crippen MR) is 57.5 cm³/mol. The molecule has 1 fully saturated rings. The minimum Gasteiger partial charge on any atom is -0.465 e. The average molecular weight is 215 g/mol. The monoisotopic (exact) mass is 215 g/mol. The quantitative estimate of drug-likeness (QED) is 0.689. The van der Waals surface area contributed by atoms with Crippen LogP contribution in [0.15, 0.2) is 0 Å². The third kappa shape index (κ3) is 3.47. The zero-order valence-electron chi connectivity index (χ0n) is 9.61. The zero-order chi connectivity index (χ0) is 11.3. The number of ether oxygens (including phenoxy) is 1. The van der Waals surface area contributed by atoms with Crippen LogP contribution in [-0.4, -0.2) is 47.8 Å². The second-order valence-electron chi connectivity index (χ2n) is 3.93. The summed E-state index contributed by atoms with van der Waals surface area (Å²) in [6.45, 7) is 5.30. The molecule has 1 saturated carbocycles. The number of likely N-dealkylation sites (N-methyl/N-ethyl adjacent to an activating group) is 1. The van der Waals surface area contributed by atoms with Gasteiger partial charge in [0.05, 0.1) is 19.3 Å². The van der Waals surface area contributed by atoms with Crippen molar-refractivity contribution in [3.05, 3.63) is 0 Å². The van der Waals surface area contributed by atoms with E-state index in [1.54, 1.807) is 6.92 Å². The first-order chi connectivity index (χ1) is 7.19. The second kappa shape index (κ2) is 6.08. The first-order valence-electron chi connectivity index (χ1n) is 5.76. The van der Waals surface area contributed by atoms with Gasteiger partial charge >= 0.3 is 5.97 Å². The molecule has 2 atom stereocenters. The van der Waals surface area contributed by atoms with Crippen molar-refractivity contribution in [2.75, 3.05) is 19.7 Å².